The molecule has 0 aliphatic heterocycles. The smallest absolute Gasteiger partial charge is 0.221 e. The van der Waals surface area contributed by atoms with Crippen molar-refractivity contribution in [2.45, 2.75) is 25.0 Å². The maximum absolute atomic E-state index is 10.0. The lowest BCUT2D eigenvalue weighted by molar-refractivity contribution is 0.0908. The minimum absolute atomic E-state index is 0.00553. The Morgan fingerprint density at radius 1 is 1.28 bits per heavy atom. The van der Waals surface area contributed by atoms with Crippen LogP contribution in [-0.4, -0.2) is 38.9 Å². The third-order valence-electron chi connectivity index (χ3n) is 4.73. The Morgan fingerprint density at radius 2 is 2.12 bits per heavy atom. The number of hydrogen-bond acceptors (Lipinski definition) is 7. The molecule has 2 aromatic heterocycles. The van der Waals surface area contributed by atoms with Gasteiger partial charge >= 0.3 is 0 Å². The summed E-state index contributed by atoms with van der Waals surface area (Å²) >= 11 is 1.68. The van der Waals surface area contributed by atoms with E-state index in [0.29, 0.717) is 18.7 Å². The van der Waals surface area contributed by atoms with Crippen molar-refractivity contribution in [1.82, 2.24) is 9.97 Å². The third kappa shape index (κ3) is 3.18. The molecule has 1 aromatic carbocycles. The summed E-state index contributed by atoms with van der Waals surface area (Å²) in [6.45, 7) is -0.00553. The monoisotopic (exact) mass is 356 g/mol. The minimum atomic E-state index is -0.491. The van der Waals surface area contributed by atoms with Crippen molar-refractivity contribution in [2.75, 3.05) is 17.7 Å². The van der Waals surface area contributed by atoms with Gasteiger partial charge in [-0.2, -0.15) is 4.98 Å². The number of thiophene rings is 1. The Kier molecular flexibility index (Phi) is 4.29. The van der Waals surface area contributed by atoms with Gasteiger partial charge in [-0.3, -0.25) is 0 Å². The molecule has 4 rings (SSSR count). The zero-order chi connectivity index (χ0) is 17.4. The summed E-state index contributed by atoms with van der Waals surface area (Å²) in [6.07, 6.45) is 2.54. The number of hydrogen-bond donors (Lipinski definition) is 4. The van der Waals surface area contributed by atoms with Crippen molar-refractivity contribution in [3.05, 3.63) is 36.5 Å². The molecular weight excluding hydrogens is 336 g/mol. The first-order valence-corrected chi connectivity index (χ1v) is 9.12. The standard InChI is InChI=1S/C18H20N4O2S/c19-18-20-8-13(16-6-10-3-1-2-4-15(10)25-16)17(22-18)21-12-5-11(9-23)14(24)7-12/h1-4,6,8,11-12,14,23-24H,5,7,9H2,(H3,19,20,21,22). The van der Waals surface area contributed by atoms with E-state index in [1.165, 1.54) is 10.1 Å². The van der Waals surface area contributed by atoms with Crippen LogP contribution in [0.4, 0.5) is 11.8 Å². The average molecular weight is 356 g/mol. The Morgan fingerprint density at radius 3 is 2.88 bits per heavy atom. The number of anilines is 2. The molecule has 1 fully saturated rings. The van der Waals surface area contributed by atoms with Gasteiger partial charge in [0.05, 0.1) is 11.7 Å². The van der Waals surface area contributed by atoms with Gasteiger partial charge < -0.3 is 21.3 Å². The summed E-state index contributed by atoms with van der Waals surface area (Å²) < 4.78 is 1.21. The molecule has 0 saturated heterocycles. The zero-order valence-corrected chi connectivity index (χ0v) is 14.4. The summed E-state index contributed by atoms with van der Waals surface area (Å²) in [7, 11) is 0. The summed E-state index contributed by atoms with van der Waals surface area (Å²) in [4.78, 5) is 9.60. The average Bonchev–Trinajstić information content (AvgIpc) is 3.17. The second kappa shape index (κ2) is 6.59. The predicted octanol–water partition coefficient (Wildman–Crippen LogP) is 2.48. The van der Waals surface area contributed by atoms with Crippen LogP contribution in [-0.2, 0) is 0 Å². The number of nitrogen functional groups attached to an aromatic ring is 1. The van der Waals surface area contributed by atoms with Crippen molar-refractivity contribution in [2.24, 2.45) is 5.92 Å². The quantitative estimate of drug-likeness (QED) is 0.572. The Labute approximate surface area is 149 Å². The van der Waals surface area contributed by atoms with Crippen LogP contribution in [0.25, 0.3) is 20.5 Å². The van der Waals surface area contributed by atoms with Crippen LogP contribution < -0.4 is 11.1 Å². The second-order valence-corrected chi connectivity index (χ2v) is 7.55. The summed E-state index contributed by atoms with van der Waals surface area (Å²) in [5.41, 5.74) is 6.69. The van der Waals surface area contributed by atoms with Crippen LogP contribution in [0.1, 0.15) is 12.8 Å². The van der Waals surface area contributed by atoms with Gasteiger partial charge in [-0.25, -0.2) is 4.98 Å². The topological polar surface area (TPSA) is 104 Å². The van der Waals surface area contributed by atoms with E-state index < -0.39 is 6.10 Å². The molecule has 1 aliphatic rings. The van der Waals surface area contributed by atoms with Gasteiger partial charge in [0.2, 0.25) is 5.95 Å². The predicted molar refractivity (Wildman–Crippen MR) is 100 cm³/mol. The maximum Gasteiger partial charge on any atom is 0.221 e. The molecule has 7 heteroatoms. The molecule has 130 valence electrons. The first-order valence-electron chi connectivity index (χ1n) is 8.31. The van der Waals surface area contributed by atoms with Gasteiger partial charge in [-0.15, -0.1) is 11.3 Å². The van der Waals surface area contributed by atoms with Gasteiger partial charge in [0.1, 0.15) is 5.82 Å². The van der Waals surface area contributed by atoms with Gasteiger partial charge in [-0.05, 0) is 30.4 Å². The fourth-order valence-electron chi connectivity index (χ4n) is 3.41. The molecule has 5 N–H and O–H groups in total. The Balaban J connectivity index is 1.67. The first kappa shape index (κ1) is 16.3. The Bertz CT molecular complexity index is 865. The van der Waals surface area contributed by atoms with Gasteiger partial charge in [-0.1, -0.05) is 18.2 Å². The van der Waals surface area contributed by atoms with Crippen molar-refractivity contribution >= 4 is 33.2 Å². The number of nitrogens with zero attached hydrogens (tertiary/aromatic N) is 2. The van der Waals surface area contributed by atoms with E-state index >= 15 is 0 Å². The van der Waals surface area contributed by atoms with E-state index in [-0.39, 0.29) is 24.5 Å². The number of rotatable bonds is 4. The van der Waals surface area contributed by atoms with Crippen LogP contribution in [0, 0.1) is 5.92 Å². The highest BCUT2D eigenvalue weighted by atomic mass is 32.1. The number of nitrogens with two attached hydrogens (primary N) is 1. The maximum atomic E-state index is 10.0. The number of aromatic nitrogens is 2. The second-order valence-electron chi connectivity index (χ2n) is 6.46. The highest BCUT2D eigenvalue weighted by molar-refractivity contribution is 7.22. The highest BCUT2D eigenvalue weighted by Crippen LogP contribution is 2.37. The molecule has 3 atom stereocenters. The van der Waals surface area contributed by atoms with E-state index in [9.17, 15) is 10.2 Å². The van der Waals surface area contributed by atoms with E-state index in [4.69, 9.17) is 5.73 Å². The molecule has 0 bridgehead atoms. The molecule has 3 unspecified atom stereocenters. The van der Waals surface area contributed by atoms with Crippen LogP contribution in [0.15, 0.2) is 36.5 Å². The third-order valence-corrected chi connectivity index (χ3v) is 5.88. The molecule has 1 aliphatic carbocycles. The van der Waals surface area contributed by atoms with Crippen LogP contribution in [0.5, 0.6) is 0 Å². The van der Waals surface area contributed by atoms with Crippen molar-refractivity contribution in [1.29, 1.82) is 0 Å². The fourth-order valence-corrected chi connectivity index (χ4v) is 4.48. The molecule has 2 heterocycles. The van der Waals surface area contributed by atoms with E-state index in [0.717, 1.165) is 10.4 Å². The largest absolute Gasteiger partial charge is 0.396 e. The SMILES string of the molecule is Nc1ncc(-c2cc3ccccc3s2)c(NC2CC(O)C(CO)C2)n1. The van der Waals surface area contributed by atoms with Gasteiger partial charge in [0, 0.05) is 34.3 Å². The number of aliphatic hydroxyl groups is 2. The van der Waals surface area contributed by atoms with Gasteiger partial charge in [0.25, 0.3) is 0 Å². The van der Waals surface area contributed by atoms with Crippen molar-refractivity contribution < 1.29 is 10.2 Å². The molecule has 0 radical (unpaired) electrons. The number of fused-ring (bicyclic) bond motifs is 1. The van der Waals surface area contributed by atoms with E-state index in [1.54, 1.807) is 17.5 Å². The number of aliphatic hydroxyl groups excluding tert-OH is 2. The summed E-state index contributed by atoms with van der Waals surface area (Å²) in [5, 5.41) is 23.9. The number of benzene rings is 1. The molecule has 1 saturated carbocycles. The lowest BCUT2D eigenvalue weighted by Crippen LogP contribution is -2.18. The highest BCUT2D eigenvalue weighted by Gasteiger charge is 2.33. The molecule has 0 spiro atoms. The summed E-state index contributed by atoms with van der Waals surface area (Å²) in [5.74, 6) is 0.795. The molecule has 3 aromatic rings. The van der Waals surface area contributed by atoms with Crippen LogP contribution in [0.2, 0.25) is 0 Å². The zero-order valence-electron chi connectivity index (χ0n) is 13.6. The fraction of sp³-hybridized carbons (Fsp3) is 0.333. The first-order chi connectivity index (χ1) is 12.1. The molecule has 25 heavy (non-hydrogen) atoms. The van der Waals surface area contributed by atoms with E-state index in [2.05, 4.69) is 33.5 Å². The lowest BCUT2D eigenvalue weighted by Gasteiger charge is -2.16. The minimum Gasteiger partial charge on any atom is -0.396 e. The summed E-state index contributed by atoms with van der Waals surface area (Å²) in [6, 6.07) is 10.4. The normalized spacial score (nSPS) is 23.2. The van der Waals surface area contributed by atoms with Gasteiger partial charge in [0.15, 0.2) is 0 Å². The molecular formula is C18H20N4O2S. The van der Waals surface area contributed by atoms with Crippen LogP contribution >= 0.6 is 11.3 Å². The molecule has 6 nitrogen and oxygen atoms in total. The van der Waals surface area contributed by atoms with Crippen molar-refractivity contribution in [3.63, 3.8) is 0 Å². The Hall–Kier alpha value is -2.22. The number of nitrogens with one attached hydrogen (secondary N) is 1. The lowest BCUT2D eigenvalue weighted by atomic mass is 10.1. The van der Waals surface area contributed by atoms with E-state index in [1.807, 2.05) is 12.1 Å². The molecule has 0 amide bonds. The van der Waals surface area contributed by atoms with Crippen LogP contribution in [0.3, 0.4) is 0 Å². The van der Waals surface area contributed by atoms with Crippen molar-refractivity contribution in [3.8, 4) is 10.4 Å².